The van der Waals surface area contributed by atoms with Crippen molar-refractivity contribution in [2.75, 3.05) is 20.3 Å². The van der Waals surface area contributed by atoms with Crippen molar-refractivity contribution in [1.82, 2.24) is 15.5 Å². The highest BCUT2D eigenvalue weighted by Gasteiger charge is 2.19. The summed E-state index contributed by atoms with van der Waals surface area (Å²) < 4.78 is 4.97. The molecule has 0 bridgehead atoms. The average molecular weight is 211 g/mol. The number of aromatic nitrogens is 2. The lowest BCUT2D eigenvalue weighted by atomic mass is 9.89. The number of methoxy groups -OCH3 is 1. The summed E-state index contributed by atoms with van der Waals surface area (Å²) in [5, 5.41) is 10.5. The van der Waals surface area contributed by atoms with E-state index >= 15 is 0 Å². The Labute approximate surface area is 91.4 Å². The molecule has 1 aromatic rings. The summed E-state index contributed by atoms with van der Waals surface area (Å²) >= 11 is 0. The molecule has 0 saturated heterocycles. The molecule has 86 valence electrons. The third-order valence-corrected chi connectivity index (χ3v) is 2.27. The van der Waals surface area contributed by atoms with E-state index in [-0.39, 0.29) is 5.41 Å². The predicted octanol–water partition coefficient (Wildman–Crippen LogP) is 1.44. The van der Waals surface area contributed by atoms with Crippen LogP contribution < -0.4 is 5.32 Å². The molecule has 1 rings (SSSR count). The monoisotopic (exact) mass is 211 g/mol. The third kappa shape index (κ3) is 3.64. The molecule has 4 nitrogen and oxygen atoms in total. The molecule has 4 heteroatoms. The fourth-order valence-electron chi connectivity index (χ4n) is 1.49. The van der Waals surface area contributed by atoms with Crippen LogP contribution in [0.3, 0.4) is 0 Å². The largest absolute Gasteiger partial charge is 0.383 e. The van der Waals surface area contributed by atoms with Gasteiger partial charge in [0, 0.05) is 36.9 Å². The van der Waals surface area contributed by atoms with Crippen LogP contribution in [0.15, 0.2) is 6.20 Å². The number of H-pyrrole nitrogens is 1. The summed E-state index contributed by atoms with van der Waals surface area (Å²) in [6.07, 6.45) is 1.89. The zero-order chi connectivity index (χ0) is 11.3. The molecule has 0 aliphatic heterocycles. The first-order chi connectivity index (χ1) is 7.05. The van der Waals surface area contributed by atoms with Gasteiger partial charge in [-0.1, -0.05) is 20.8 Å². The second-order valence-corrected chi connectivity index (χ2v) is 4.69. The third-order valence-electron chi connectivity index (χ3n) is 2.27. The second-order valence-electron chi connectivity index (χ2n) is 4.69. The van der Waals surface area contributed by atoms with Gasteiger partial charge >= 0.3 is 0 Å². The molecule has 15 heavy (non-hydrogen) atoms. The first-order valence-corrected chi connectivity index (χ1v) is 5.28. The summed E-state index contributed by atoms with van der Waals surface area (Å²) in [7, 11) is 1.71. The number of nitrogens with zero attached hydrogens (tertiary/aromatic N) is 1. The van der Waals surface area contributed by atoms with E-state index in [2.05, 4.69) is 36.3 Å². The van der Waals surface area contributed by atoms with Gasteiger partial charge in [-0.15, -0.1) is 0 Å². The number of hydrogen-bond acceptors (Lipinski definition) is 3. The molecule has 1 heterocycles. The van der Waals surface area contributed by atoms with Gasteiger partial charge in [0.1, 0.15) is 0 Å². The first kappa shape index (κ1) is 12.2. The van der Waals surface area contributed by atoms with Crippen LogP contribution in [0, 0.1) is 0 Å². The van der Waals surface area contributed by atoms with Crippen LogP contribution in [0.2, 0.25) is 0 Å². The van der Waals surface area contributed by atoms with Crippen LogP contribution in [-0.2, 0) is 16.7 Å². The highest BCUT2D eigenvalue weighted by Crippen LogP contribution is 2.22. The molecule has 0 aromatic carbocycles. The Morgan fingerprint density at radius 2 is 2.20 bits per heavy atom. The predicted molar refractivity (Wildman–Crippen MR) is 60.9 cm³/mol. The van der Waals surface area contributed by atoms with Gasteiger partial charge in [0.25, 0.3) is 0 Å². The zero-order valence-electron chi connectivity index (χ0n) is 10.1. The van der Waals surface area contributed by atoms with E-state index in [1.165, 1.54) is 11.3 Å². The molecule has 0 radical (unpaired) electrons. The number of ether oxygens (including phenoxy) is 1. The molecular weight excluding hydrogens is 190 g/mol. The maximum atomic E-state index is 4.97. The lowest BCUT2D eigenvalue weighted by Gasteiger charge is -2.18. The van der Waals surface area contributed by atoms with Crippen molar-refractivity contribution in [3.05, 3.63) is 17.5 Å². The van der Waals surface area contributed by atoms with Crippen LogP contribution in [0.1, 0.15) is 32.0 Å². The van der Waals surface area contributed by atoms with Gasteiger partial charge in [-0.2, -0.15) is 5.10 Å². The molecule has 0 spiro atoms. The maximum Gasteiger partial charge on any atom is 0.0587 e. The van der Waals surface area contributed by atoms with Crippen molar-refractivity contribution in [3.8, 4) is 0 Å². The molecular formula is C11H21N3O. The molecule has 0 aliphatic carbocycles. The van der Waals surface area contributed by atoms with Gasteiger partial charge in [-0.05, 0) is 0 Å². The zero-order valence-corrected chi connectivity index (χ0v) is 10.1. The van der Waals surface area contributed by atoms with E-state index in [1.807, 2.05) is 6.20 Å². The highest BCUT2D eigenvalue weighted by molar-refractivity contribution is 5.23. The Morgan fingerprint density at radius 3 is 2.80 bits per heavy atom. The molecule has 2 N–H and O–H groups in total. The summed E-state index contributed by atoms with van der Waals surface area (Å²) in [6, 6.07) is 0. The van der Waals surface area contributed by atoms with Crippen LogP contribution in [0.4, 0.5) is 0 Å². The fourth-order valence-corrected chi connectivity index (χ4v) is 1.49. The summed E-state index contributed by atoms with van der Waals surface area (Å²) in [6.45, 7) is 8.98. The van der Waals surface area contributed by atoms with E-state index in [9.17, 15) is 0 Å². The van der Waals surface area contributed by atoms with E-state index < -0.39 is 0 Å². The summed E-state index contributed by atoms with van der Waals surface area (Å²) in [5.41, 5.74) is 2.56. The van der Waals surface area contributed by atoms with Crippen molar-refractivity contribution < 1.29 is 4.74 Å². The Bertz CT molecular complexity index is 288. The Hall–Kier alpha value is -0.870. The van der Waals surface area contributed by atoms with E-state index in [0.29, 0.717) is 0 Å². The molecule has 0 saturated carbocycles. The second kappa shape index (κ2) is 5.28. The average Bonchev–Trinajstić information content (AvgIpc) is 2.59. The lowest BCUT2D eigenvalue weighted by Crippen LogP contribution is -2.21. The van der Waals surface area contributed by atoms with Crippen LogP contribution in [0.5, 0.6) is 0 Å². The van der Waals surface area contributed by atoms with E-state index in [0.717, 1.165) is 19.7 Å². The molecule has 0 unspecified atom stereocenters. The Morgan fingerprint density at radius 1 is 1.47 bits per heavy atom. The van der Waals surface area contributed by atoms with Gasteiger partial charge in [0.15, 0.2) is 0 Å². The standard InChI is InChI=1S/C11H21N3O/c1-11(2,3)10-9(8-13-14-10)7-12-5-6-15-4/h8,12H,5-7H2,1-4H3,(H,13,14). The van der Waals surface area contributed by atoms with Crippen molar-refractivity contribution >= 4 is 0 Å². The molecule has 1 aromatic heterocycles. The smallest absolute Gasteiger partial charge is 0.0587 e. The fraction of sp³-hybridized carbons (Fsp3) is 0.727. The number of rotatable bonds is 5. The maximum absolute atomic E-state index is 4.97. The molecule has 0 amide bonds. The van der Waals surface area contributed by atoms with E-state index in [1.54, 1.807) is 7.11 Å². The minimum atomic E-state index is 0.120. The topological polar surface area (TPSA) is 49.9 Å². The van der Waals surface area contributed by atoms with Gasteiger partial charge < -0.3 is 10.1 Å². The minimum absolute atomic E-state index is 0.120. The normalized spacial score (nSPS) is 12.0. The number of hydrogen-bond donors (Lipinski definition) is 2. The Balaban J connectivity index is 2.51. The quantitative estimate of drug-likeness (QED) is 0.725. The van der Waals surface area contributed by atoms with Crippen molar-refractivity contribution in [3.63, 3.8) is 0 Å². The highest BCUT2D eigenvalue weighted by atomic mass is 16.5. The van der Waals surface area contributed by atoms with Crippen LogP contribution >= 0.6 is 0 Å². The number of aromatic amines is 1. The summed E-state index contributed by atoms with van der Waals surface area (Å²) in [5.74, 6) is 0. The lowest BCUT2D eigenvalue weighted by molar-refractivity contribution is 0.199. The van der Waals surface area contributed by atoms with Crippen LogP contribution in [-0.4, -0.2) is 30.5 Å². The number of nitrogens with one attached hydrogen (secondary N) is 2. The van der Waals surface area contributed by atoms with E-state index in [4.69, 9.17) is 4.74 Å². The Kier molecular flexibility index (Phi) is 4.29. The SMILES string of the molecule is COCCNCc1cn[nH]c1C(C)(C)C. The molecule has 0 atom stereocenters. The van der Waals surface area contributed by atoms with Gasteiger partial charge in [-0.25, -0.2) is 0 Å². The summed E-state index contributed by atoms with van der Waals surface area (Å²) in [4.78, 5) is 0. The molecule has 0 fully saturated rings. The van der Waals surface area contributed by atoms with Crippen LogP contribution in [0.25, 0.3) is 0 Å². The van der Waals surface area contributed by atoms with Gasteiger partial charge in [-0.3, -0.25) is 5.10 Å². The minimum Gasteiger partial charge on any atom is -0.383 e. The van der Waals surface area contributed by atoms with Gasteiger partial charge in [0.05, 0.1) is 12.8 Å². The van der Waals surface area contributed by atoms with Crippen molar-refractivity contribution in [2.45, 2.75) is 32.7 Å². The van der Waals surface area contributed by atoms with Crippen molar-refractivity contribution in [2.24, 2.45) is 0 Å². The van der Waals surface area contributed by atoms with Gasteiger partial charge in [0.2, 0.25) is 0 Å². The van der Waals surface area contributed by atoms with Crippen molar-refractivity contribution in [1.29, 1.82) is 0 Å². The molecule has 0 aliphatic rings. The first-order valence-electron chi connectivity index (χ1n) is 5.28.